The van der Waals surface area contributed by atoms with Crippen molar-refractivity contribution in [1.82, 2.24) is 14.5 Å². The number of rotatable bonds is 5. The highest BCUT2D eigenvalue weighted by Gasteiger charge is 2.13. The van der Waals surface area contributed by atoms with Crippen LogP contribution in [0.1, 0.15) is 58.4 Å². The van der Waals surface area contributed by atoms with Crippen molar-refractivity contribution in [2.24, 2.45) is 5.92 Å². The van der Waals surface area contributed by atoms with E-state index in [0.717, 1.165) is 23.5 Å². The third-order valence-electron chi connectivity index (χ3n) is 3.94. The van der Waals surface area contributed by atoms with Gasteiger partial charge in [0.2, 0.25) is 5.95 Å². The number of anilines is 1. The lowest BCUT2D eigenvalue weighted by Crippen LogP contribution is -2.39. The van der Waals surface area contributed by atoms with Crippen molar-refractivity contribution in [1.29, 1.82) is 0 Å². The topological polar surface area (TPSA) is 79.8 Å². The Balaban J connectivity index is 1.93. The van der Waals surface area contributed by atoms with E-state index in [1.54, 1.807) is 13.8 Å². The van der Waals surface area contributed by atoms with Crippen LogP contribution in [0.3, 0.4) is 0 Å². The maximum atomic E-state index is 11.8. The first-order valence-electron chi connectivity index (χ1n) is 7.54. The number of aromatic amines is 1. The summed E-state index contributed by atoms with van der Waals surface area (Å²) in [4.78, 5) is 30.1. The molecule has 6 heteroatoms. The fourth-order valence-electron chi connectivity index (χ4n) is 2.84. The molecule has 0 spiro atoms. The van der Waals surface area contributed by atoms with E-state index in [-0.39, 0.29) is 12.0 Å². The highest BCUT2D eigenvalue weighted by Crippen LogP contribution is 2.25. The summed E-state index contributed by atoms with van der Waals surface area (Å²) in [7, 11) is 0. The molecule has 2 N–H and O–H groups in total. The second kappa shape index (κ2) is 6.72. The zero-order valence-electron chi connectivity index (χ0n) is 12.3. The Morgan fingerprint density at radius 3 is 2.60 bits per heavy atom. The van der Waals surface area contributed by atoms with Crippen LogP contribution in [0.25, 0.3) is 0 Å². The number of nitrogens with zero attached hydrogens (tertiary/aromatic N) is 2. The minimum Gasteiger partial charge on any atom is -0.356 e. The third kappa shape index (κ3) is 3.71. The molecule has 1 heterocycles. The van der Waals surface area contributed by atoms with E-state index in [4.69, 9.17) is 0 Å². The Bertz CT molecular complexity index is 510. The van der Waals surface area contributed by atoms with Crippen LogP contribution in [0.15, 0.2) is 9.59 Å². The van der Waals surface area contributed by atoms with Gasteiger partial charge in [-0.15, -0.1) is 0 Å². The second-order valence-electron chi connectivity index (χ2n) is 5.86. The van der Waals surface area contributed by atoms with Crippen molar-refractivity contribution in [2.75, 3.05) is 11.9 Å². The van der Waals surface area contributed by atoms with Gasteiger partial charge in [0.15, 0.2) is 0 Å². The minimum atomic E-state index is -0.496. The maximum Gasteiger partial charge on any atom is 0.355 e. The Labute approximate surface area is 118 Å². The predicted molar refractivity (Wildman–Crippen MR) is 79.2 cm³/mol. The zero-order chi connectivity index (χ0) is 14.5. The summed E-state index contributed by atoms with van der Waals surface area (Å²) >= 11 is 0. The molecule has 0 radical (unpaired) electrons. The lowest BCUT2D eigenvalue weighted by atomic mass is 9.87. The Morgan fingerprint density at radius 2 is 2.00 bits per heavy atom. The summed E-state index contributed by atoms with van der Waals surface area (Å²) in [5.41, 5.74) is -0.899. The second-order valence-corrected chi connectivity index (χ2v) is 5.86. The lowest BCUT2D eigenvalue weighted by Gasteiger charge is -2.21. The van der Waals surface area contributed by atoms with Gasteiger partial charge in [0.05, 0.1) is 0 Å². The first kappa shape index (κ1) is 14.8. The molecule has 20 heavy (non-hydrogen) atoms. The van der Waals surface area contributed by atoms with Crippen LogP contribution in [0.5, 0.6) is 0 Å². The SMILES string of the molecule is CC(C)n1c(=O)nc(NCCC2CCCCC2)[nH]c1=O. The van der Waals surface area contributed by atoms with E-state index in [2.05, 4.69) is 15.3 Å². The zero-order valence-corrected chi connectivity index (χ0v) is 12.3. The molecule has 1 aliphatic carbocycles. The van der Waals surface area contributed by atoms with Gasteiger partial charge in [-0.25, -0.2) is 14.2 Å². The monoisotopic (exact) mass is 280 g/mol. The molecule has 1 aliphatic rings. The third-order valence-corrected chi connectivity index (χ3v) is 3.94. The van der Waals surface area contributed by atoms with E-state index >= 15 is 0 Å². The van der Waals surface area contributed by atoms with E-state index < -0.39 is 11.4 Å². The van der Waals surface area contributed by atoms with Crippen LogP contribution < -0.4 is 16.7 Å². The normalized spacial score (nSPS) is 16.6. The van der Waals surface area contributed by atoms with Crippen LogP contribution >= 0.6 is 0 Å². The summed E-state index contributed by atoms with van der Waals surface area (Å²) in [5.74, 6) is 1.05. The minimum absolute atomic E-state index is 0.185. The smallest absolute Gasteiger partial charge is 0.355 e. The van der Waals surface area contributed by atoms with Crippen molar-refractivity contribution in [3.8, 4) is 0 Å². The summed E-state index contributed by atoms with van der Waals surface area (Å²) in [6.45, 7) is 4.32. The number of aromatic nitrogens is 3. The van der Waals surface area contributed by atoms with Crippen LogP contribution in [0.2, 0.25) is 0 Å². The highest BCUT2D eigenvalue weighted by molar-refractivity contribution is 5.20. The molecule has 0 atom stereocenters. The van der Waals surface area contributed by atoms with Gasteiger partial charge < -0.3 is 5.32 Å². The van der Waals surface area contributed by atoms with Crippen molar-refractivity contribution in [3.63, 3.8) is 0 Å². The van der Waals surface area contributed by atoms with E-state index in [0.29, 0.717) is 0 Å². The van der Waals surface area contributed by atoms with Crippen molar-refractivity contribution in [3.05, 3.63) is 21.0 Å². The quantitative estimate of drug-likeness (QED) is 0.863. The van der Waals surface area contributed by atoms with Gasteiger partial charge in [-0.05, 0) is 26.2 Å². The molecule has 0 unspecified atom stereocenters. The summed E-state index contributed by atoms with van der Waals surface area (Å²) in [6, 6.07) is -0.185. The van der Waals surface area contributed by atoms with Crippen LogP contribution in [0, 0.1) is 5.92 Å². The highest BCUT2D eigenvalue weighted by atomic mass is 16.2. The van der Waals surface area contributed by atoms with E-state index in [1.165, 1.54) is 32.1 Å². The molecule has 0 amide bonds. The molecule has 1 aromatic rings. The Morgan fingerprint density at radius 1 is 1.30 bits per heavy atom. The molecule has 0 bridgehead atoms. The number of H-pyrrole nitrogens is 1. The molecule has 1 fully saturated rings. The van der Waals surface area contributed by atoms with E-state index in [9.17, 15) is 9.59 Å². The average molecular weight is 280 g/mol. The first-order chi connectivity index (χ1) is 9.58. The van der Waals surface area contributed by atoms with Crippen molar-refractivity contribution >= 4 is 5.95 Å². The number of hydrogen-bond donors (Lipinski definition) is 2. The average Bonchev–Trinajstić information content (AvgIpc) is 2.38. The molecule has 0 aromatic carbocycles. The van der Waals surface area contributed by atoms with Gasteiger partial charge in [0, 0.05) is 12.6 Å². The predicted octanol–water partition coefficient (Wildman–Crippen LogP) is 1.89. The summed E-state index contributed by atoms with van der Waals surface area (Å²) in [5, 5.41) is 3.06. The van der Waals surface area contributed by atoms with Gasteiger partial charge in [-0.1, -0.05) is 32.1 Å². The van der Waals surface area contributed by atoms with Crippen LogP contribution in [-0.2, 0) is 0 Å². The summed E-state index contributed by atoms with van der Waals surface area (Å²) in [6.07, 6.45) is 7.65. The fraction of sp³-hybridized carbons (Fsp3) is 0.786. The molecule has 1 aromatic heterocycles. The molecule has 112 valence electrons. The van der Waals surface area contributed by atoms with Gasteiger partial charge in [0.1, 0.15) is 0 Å². The molecule has 2 rings (SSSR count). The Hall–Kier alpha value is -1.59. The largest absolute Gasteiger partial charge is 0.356 e. The fourth-order valence-corrected chi connectivity index (χ4v) is 2.84. The molecular formula is C14H24N4O2. The van der Waals surface area contributed by atoms with Gasteiger partial charge in [0.25, 0.3) is 0 Å². The molecule has 6 nitrogen and oxygen atoms in total. The van der Waals surface area contributed by atoms with Gasteiger partial charge >= 0.3 is 11.4 Å². The van der Waals surface area contributed by atoms with Crippen LogP contribution in [-0.4, -0.2) is 21.1 Å². The molecule has 1 saturated carbocycles. The maximum absolute atomic E-state index is 11.8. The lowest BCUT2D eigenvalue weighted by molar-refractivity contribution is 0.345. The summed E-state index contributed by atoms with van der Waals surface area (Å²) < 4.78 is 1.12. The molecular weight excluding hydrogens is 256 g/mol. The number of nitrogens with one attached hydrogen (secondary N) is 2. The number of hydrogen-bond acceptors (Lipinski definition) is 4. The van der Waals surface area contributed by atoms with Crippen molar-refractivity contribution < 1.29 is 0 Å². The Kier molecular flexibility index (Phi) is 4.98. The molecule has 0 saturated heterocycles. The molecule has 0 aliphatic heterocycles. The standard InChI is InChI=1S/C14H24N4O2/c1-10(2)18-13(19)16-12(17-14(18)20)15-9-8-11-6-4-3-5-7-11/h10-11H,3-9H2,1-2H3,(H2,15,16,17,19,20). The van der Waals surface area contributed by atoms with Crippen LogP contribution in [0.4, 0.5) is 5.95 Å². The van der Waals surface area contributed by atoms with Crippen molar-refractivity contribution in [2.45, 2.75) is 58.4 Å². The van der Waals surface area contributed by atoms with Gasteiger partial charge in [-0.2, -0.15) is 4.98 Å². The first-order valence-corrected chi connectivity index (χ1v) is 7.54. The van der Waals surface area contributed by atoms with E-state index in [1.807, 2.05) is 0 Å². The van der Waals surface area contributed by atoms with Gasteiger partial charge in [-0.3, -0.25) is 4.98 Å².